The van der Waals surface area contributed by atoms with E-state index >= 15 is 0 Å². The zero-order valence-electron chi connectivity index (χ0n) is 9.39. The van der Waals surface area contributed by atoms with Gasteiger partial charge in [-0.05, 0) is 25.0 Å². The van der Waals surface area contributed by atoms with E-state index in [9.17, 15) is 4.79 Å². The number of carboxylic acid groups (broad SMARTS) is 1. The van der Waals surface area contributed by atoms with Gasteiger partial charge in [-0.15, -0.1) is 0 Å². The van der Waals surface area contributed by atoms with Crippen LogP contribution >= 0.6 is 0 Å². The van der Waals surface area contributed by atoms with Crippen molar-refractivity contribution in [3.8, 4) is 11.5 Å². The lowest BCUT2D eigenvalue weighted by Crippen LogP contribution is -2.33. The van der Waals surface area contributed by atoms with Gasteiger partial charge in [0.15, 0.2) is 11.5 Å². The molecule has 3 rings (SSSR count). The van der Waals surface area contributed by atoms with Gasteiger partial charge in [0.1, 0.15) is 12.7 Å². The Bertz CT molecular complexity index is 450. The molecule has 1 aliphatic heterocycles. The molecule has 17 heavy (non-hydrogen) atoms. The summed E-state index contributed by atoms with van der Waals surface area (Å²) in [7, 11) is 0. The van der Waals surface area contributed by atoms with E-state index in [-0.39, 0.29) is 6.10 Å². The number of ether oxygens (including phenoxy) is 2. The predicted molar refractivity (Wildman–Crippen MR) is 60.3 cm³/mol. The molecule has 1 atom stereocenters. The molecule has 90 valence electrons. The Labute approximate surface area is 99.2 Å². The normalized spacial score (nSPS) is 24.1. The van der Waals surface area contributed by atoms with Gasteiger partial charge in [-0.3, -0.25) is 4.79 Å². The number of rotatable bonds is 3. The van der Waals surface area contributed by atoms with E-state index in [1.165, 1.54) is 0 Å². The van der Waals surface area contributed by atoms with E-state index in [1.807, 2.05) is 24.3 Å². The third-order valence-electron chi connectivity index (χ3n) is 3.49. The maximum absolute atomic E-state index is 11.1. The maximum Gasteiger partial charge on any atom is 0.309 e. The van der Waals surface area contributed by atoms with Gasteiger partial charge in [0.25, 0.3) is 0 Å². The molecule has 4 nitrogen and oxygen atoms in total. The van der Waals surface area contributed by atoms with Crippen LogP contribution in [0.4, 0.5) is 0 Å². The van der Waals surface area contributed by atoms with E-state index in [2.05, 4.69) is 0 Å². The second-order valence-electron chi connectivity index (χ2n) is 4.79. The number of aliphatic carboxylic acids is 1. The van der Waals surface area contributed by atoms with Crippen LogP contribution in [0.2, 0.25) is 0 Å². The molecule has 0 saturated heterocycles. The van der Waals surface area contributed by atoms with E-state index in [0.717, 1.165) is 18.6 Å². The van der Waals surface area contributed by atoms with Gasteiger partial charge >= 0.3 is 5.97 Å². The molecule has 1 heterocycles. The first-order valence-corrected chi connectivity index (χ1v) is 5.81. The third kappa shape index (κ3) is 1.84. The van der Waals surface area contributed by atoms with E-state index in [0.29, 0.717) is 18.8 Å². The number of fused-ring (bicyclic) bond motifs is 1. The van der Waals surface area contributed by atoms with Crippen molar-refractivity contribution in [3.05, 3.63) is 24.3 Å². The molecule has 0 bridgehead atoms. The highest BCUT2D eigenvalue weighted by Crippen LogP contribution is 2.50. The largest absolute Gasteiger partial charge is 0.486 e. The molecule has 0 radical (unpaired) electrons. The summed E-state index contributed by atoms with van der Waals surface area (Å²) >= 11 is 0. The van der Waals surface area contributed by atoms with Crippen LogP contribution in [0.25, 0.3) is 0 Å². The molecule has 0 aromatic heterocycles. The number of hydrogen-bond acceptors (Lipinski definition) is 3. The van der Waals surface area contributed by atoms with E-state index in [4.69, 9.17) is 14.6 Å². The van der Waals surface area contributed by atoms with Crippen molar-refractivity contribution in [2.45, 2.75) is 25.4 Å². The Balaban J connectivity index is 1.71. The Kier molecular flexibility index (Phi) is 2.24. The first kappa shape index (κ1) is 10.4. The lowest BCUT2D eigenvalue weighted by Gasteiger charge is -2.28. The second-order valence-corrected chi connectivity index (χ2v) is 4.79. The molecule has 4 heteroatoms. The van der Waals surface area contributed by atoms with Gasteiger partial charge in [-0.25, -0.2) is 0 Å². The Morgan fingerprint density at radius 3 is 2.71 bits per heavy atom. The minimum absolute atomic E-state index is 0.150. The average molecular weight is 234 g/mol. The highest BCUT2D eigenvalue weighted by molar-refractivity contribution is 5.77. The van der Waals surface area contributed by atoms with Crippen LogP contribution < -0.4 is 9.47 Å². The van der Waals surface area contributed by atoms with Gasteiger partial charge < -0.3 is 14.6 Å². The fourth-order valence-electron chi connectivity index (χ4n) is 2.26. The fraction of sp³-hybridized carbons (Fsp3) is 0.462. The van der Waals surface area contributed by atoms with Crippen LogP contribution in [-0.2, 0) is 4.79 Å². The Morgan fingerprint density at radius 1 is 1.35 bits per heavy atom. The second kappa shape index (κ2) is 3.65. The monoisotopic (exact) mass is 234 g/mol. The third-order valence-corrected chi connectivity index (χ3v) is 3.49. The van der Waals surface area contributed by atoms with Gasteiger partial charge in [0.05, 0.1) is 5.41 Å². The highest BCUT2D eigenvalue weighted by Gasteiger charge is 2.52. The number of carboxylic acids is 1. The summed E-state index contributed by atoms with van der Waals surface area (Å²) in [6, 6.07) is 7.48. The van der Waals surface area contributed by atoms with Crippen molar-refractivity contribution >= 4 is 5.97 Å². The standard InChI is InChI=1S/C13H14O4/c14-12(15)13(5-6-13)7-9-8-16-10-3-1-2-4-11(10)17-9/h1-4,9H,5-8H2,(H,14,15). The zero-order chi connectivity index (χ0) is 11.9. The molecule has 1 aromatic carbocycles. The van der Waals surface area contributed by atoms with Gasteiger partial charge in [-0.2, -0.15) is 0 Å². The molecule has 0 amide bonds. The van der Waals surface area contributed by atoms with Crippen LogP contribution in [0.15, 0.2) is 24.3 Å². The average Bonchev–Trinajstić information content (AvgIpc) is 3.10. The van der Waals surface area contributed by atoms with Gasteiger partial charge in [0.2, 0.25) is 0 Å². The van der Waals surface area contributed by atoms with Crippen molar-refractivity contribution in [3.63, 3.8) is 0 Å². The molecule has 2 aliphatic rings. The lowest BCUT2D eigenvalue weighted by atomic mass is 9.98. The molecule has 1 fully saturated rings. The smallest absolute Gasteiger partial charge is 0.309 e. The van der Waals surface area contributed by atoms with E-state index < -0.39 is 11.4 Å². The molecule has 1 aromatic rings. The van der Waals surface area contributed by atoms with Crippen molar-refractivity contribution in [1.82, 2.24) is 0 Å². The molecule has 1 N–H and O–H groups in total. The quantitative estimate of drug-likeness (QED) is 0.870. The number of para-hydroxylation sites is 2. The van der Waals surface area contributed by atoms with Crippen LogP contribution in [0.1, 0.15) is 19.3 Å². The molecule has 1 saturated carbocycles. The summed E-state index contributed by atoms with van der Waals surface area (Å²) in [4.78, 5) is 11.1. The van der Waals surface area contributed by atoms with Crippen molar-refractivity contribution in [2.24, 2.45) is 5.41 Å². The first-order chi connectivity index (χ1) is 8.20. The van der Waals surface area contributed by atoms with E-state index in [1.54, 1.807) is 0 Å². The predicted octanol–water partition coefficient (Wildman–Crippen LogP) is 2.08. The number of benzene rings is 1. The van der Waals surface area contributed by atoms with Crippen molar-refractivity contribution in [1.29, 1.82) is 0 Å². The summed E-state index contributed by atoms with van der Waals surface area (Å²) < 4.78 is 11.3. The SMILES string of the molecule is O=C(O)C1(CC2COc3ccccc3O2)CC1. The summed E-state index contributed by atoms with van der Waals surface area (Å²) in [5.74, 6) is 0.744. The zero-order valence-corrected chi connectivity index (χ0v) is 9.39. The Morgan fingerprint density at radius 2 is 2.06 bits per heavy atom. The molecular weight excluding hydrogens is 220 g/mol. The minimum Gasteiger partial charge on any atom is -0.486 e. The Hall–Kier alpha value is -1.71. The summed E-state index contributed by atoms with van der Waals surface area (Å²) in [6.45, 7) is 0.437. The fourth-order valence-corrected chi connectivity index (χ4v) is 2.26. The molecular formula is C13H14O4. The van der Waals surface area contributed by atoms with Gasteiger partial charge in [-0.1, -0.05) is 12.1 Å². The highest BCUT2D eigenvalue weighted by atomic mass is 16.6. The maximum atomic E-state index is 11.1. The van der Waals surface area contributed by atoms with Crippen LogP contribution in [0, 0.1) is 5.41 Å². The van der Waals surface area contributed by atoms with Crippen molar-refractivity contribution in [2.75, 3.05) is 6.61 Å². The lowest BCUT2D eigenvalue weighted by molar-refractivity contribution is -0.144. The minimum atomic E-state index is -0.708. The summed E-state index contributed by atoms with van der Waals surface area (Å²) in [6.07, 6.45) is 1.90. The first-order valence-electron chi connectivity index (χ1n) is 5.81. The van der Waals surface area contributed by atoms with Crippen LogP contribution in [0.3, 0.4) is 0 Å². The molecule has 1 aliphatic carbocycles. The number of hydrogen-bond donors (Lipinski definition) is 1. The van der Waals surface area contributed by atoms with Crippen molar-refractivity contribution < 1.29 is 19.4 Å². The summed E-state index contributed by atoms with van der Waals surface area (Å²) in [5.41, 5.74) is -0.555. The topological polar surface area (TPSA) is 55.8 Å². The number of carbonyl (C=O) groups is 1. The molecule has 1 unspecified atom stereocenters. The van der Waals surface area contributed by atoms with Gasteiger partial charge in [0, 0.05) is 6.42 Å². The molecule has 0 spiro atoms. The summed E-state index contributed by atoms with van der Waals surface area (Å²) in [5, 5.41) is 9.13. The van der Waals surface area contributed by atoms with Crippen LogP contribution in [0.5, 0.6) is 11.5 Å². The van der Waals surface area contributed by atoms with Crippen LogP contribution in [-0.4, -0.2) is 23.8 Å².